The summed E-state index contributed by atoms with van der Waals surface area (Å²) in [6, 6.07) is 6.74. The van der Waals surface area contributed by atoms with E-state index in [0.717, 1.165) is 30.7 Å². The van der Waals surface area contributed by atoms with E-state index in [1.807, 2.05) is 6.07 Å². The molecule has 0 saturated heterocycles. The van der Waals surface area contributed by atoms with Crippen molar-refractivity contribution in [2.24, 2.45) is 11.7 Å². The van der Waals surface area contributed by atoms with E-state index >= 15 is 0 Å². The maximum atomic E-state index is 13.6. The highest BCUT2D eigenvalue weighted by molar-refractivity contribution is 5.22. The van der Waals surface area contributed by atoms with Crippen LogP contribution >= 0.6 is 0 Å². The molecule has 3 rings (SSSR count). The van der Waals surface area contributed by atoms with Crippen LogP contribution in [0.25, 0.3) is 0 Å². The summed E-state index contributed by atoms with van der Waals surface area (Å²) in [6.45, 7) is 0.683. The summed E-state index contributed by atoms with van der Waals surface area (Å²) in [7, 11) is 0. The van der Waals surface area contributed by atoms with Crippen molar-refractivity contribution in [3.05, 3.63) is 53.0 Å². The largest absolute Gasteiger partial charge is 0.445 e. The van der Waals surface area contributed by atoms with Crippen LogP contribution in [0.15, 0.2) is 28.7 Å². The standard InChI is InChI=1S/C15H17FN2O/c16-12-4-2-1-3-11(12)8-15-18-13-6-5-10(9-17)7-14(13)19-15/h1-4,10H,5-9,17H2. The van der Waals surface area contributed by atoms with Crippen LogP contribution in [0.5, 0.6) is 0 Å². The van der Waals surface area contributed by atoms with Crippen molar-refractivity contribution in [1.82, 2.24) is 4.98 Å². The molecule has 2 N–H and O–H groups in total. The predicted molar refractivity (Wildman–Crippen MR) is 70.3 cm³/mol. The van der Waals surface area contributed by atoms with Crippen molar-refractivity contribution in [2.75, 3.05) is 6.54 Å². The van der Waals surface area contributed by atoms with Gasteiger partial charge in [0.1, 0.15) is 11.6 Å². The average Bonchev–Trinajstić information content (AvgIpc) is 2.82. The summed E-state index contributed by atoms with van der Waals surface area (Å²) < 4.78 is 19.4. The zero-order valence-electron chi connectivity index (χ0n) is 10.7. The lowest BCUT2D eigenvalue weighted by Crippen LogP contribution is -2.21. The first-order valence-corrected chi connectivity index (χ1v) is 6.67. The fourth-order valence-corrected chi connectivity index (χ4v) is 2.58. The number of rotatable bonds is 3. The lowest BCUT2D eigenvalue weighted by molar-refractivity contribution is 0.385. The van der Waals surface area contributed by atoms with E-state index in [0.29, 0.717) is 30.3 Å². The van der Waals surface area contributed by atoms with Gasteiger partial charge in [0.25, 0.3) is 0 Å². The second-order valence-electron chi connectivity index (χ2n) is 5.09. The summed E-state index contributed by atoms with van der Waals surface area (Å²) in [5, 5.41) is 0. The van der Waals surface area contributed by atoms with Gasteiger partial charge in [-0.25, -0.2) is 9.37 Å². The van der Waals surface area contributed by atoms with Gasteiger partial charge in [0, 0.05) is 6.42 Å². The topological polar surface area (TPSA) is 52.0 Å². The SMILES string of the molecule is NCC1CCc2nc(Cc3ccccc3F)oc2C1. The normalized spacial score (nSPS) is 18.3. The van der Waals surface area contributed by atoms with Crippen molar-refractivity contribution >= 4 is 0 Å². The Morgan fingerprint density at radius 3 is 3.00 bits per heavy atom. The molecule has 100 valence electrons. The quantitative estimate of drug-likeness (QED) is 0.922. The van der Waals surface area contributed by atoms with Crippen LogP contribution in [0, 0.1) is 11.7 Å². The third-order valence-electron chi connectivity index (χ3n) is 3.72. The number of hydrogen-bond acceptors (Lipinski definition) is 3. The van der Waals surface area contributed by atoms with Gasteiger partial charge in [-0.2, -0.15) is 0 Å². The summed E-state index contributed by atoms with van der Waals surface area (Å²) in [5.41, 5.74) is 7.34. The van der Waals surface area contributed by atoms with Gasteiger partial charge in [-0.15, -0.1) is 0 Å². The zero-order valence-corrected chi connectivity index (χ0v) is 10.7. The highest BCUT2D eigenvalue weighted by atomic mass is 19.1. The van der Waals surface area contributed by atoms with Gasteiger partial charge >= 0.3 is 0 Å². The maximum Gasteiger partial charge on any atom is 0.199 e. The number of hydrogen-bond donors (Lipinski definition) is 1. The lowest BCUT2D eigenvalue weighted by atomic mass is 9.91. The minimum Gasteiger partial charge on any atom is -0.445 e. The van der Waals surface area contributed by atoms with Crippen molar-refractivity contribution in [3.8, 4) is 0 Å². The van der Waals surface area contributed by atoms with Gasteiger partial charge in [-0.05, 0) is 36.9 Å². The molecule has 0 bridgehead atoms. The maximum absolute atomic E-state index is 13.6. The summed E-state index contributed by atoms with van der Waals surface area (Å²) in [5.74, 6) is 1.82. The summed E-state index contributed by atoms with van der Waals surface area (Å²) in [6.07, 6.45) is 3.25. The van der Waals surface area contributed by atoms with E-state index in [1.165, 1.54) is 6.07 Å². The number of halogens is 1. The fourth-order valence-electron chi connectivity index (χ4n) is 2.58. The average molecular weight is 260 g/mol. The summed E-state index contributed by atoms with van der Waals surface area (Å²) in [4.78, 5) is 4.48. The number of benzene rings is 1. The third kappa shape index (κ3) is 2.54. The van der Waals surface area contributed by atoms with Crippen LogP contribution in [-0.2, 0) is 19.3 Å². The van der Waals surface area contributed by atoms with Gasteiger partial charge in [0.2, 0.25) is 0 Å². The molecule has 0 amide bonds. The molecular weight excluding hydrogens is 243 g/mol. The summed E-state index contributed by atoms with van der Waals surface area (Å²) >= 11 is 0. The molecule has 0 aliphatic heterocycles. The third-order valence-corrected chi connectivity index (χ3v) is 3.72. The lowest BCUT2D eigenvalue weighted by Gasteiger charge is -2.17. The van der Waals surface area contributed by atoms with Crippen LogP contribution in [0.3, 0.4) is 0 Å². The second-order valence-corrected chi connectivity index (χ2v) is 5.09. The molecule has 1 aromatic carbocycles. The van der Waals surface area contributed by atoms with Crippen LogP contribution in [0.2, 0.25) is 0 Å². The van der Waals surface area contributed by atoms with Gasteiger partial charge < -0.3 is 10.2 Å². The molecule has 4 heteroatoms. The molecular formula is C15H17FN2O. The molecule has 19 heavy (non-hydrogen) atoms. The monoisotopic (exact) mass is 260 g/mol. The van der Waals surface area contributed by atoms with E-state index < -0.39 is 0 Å². The molecule has 1 unspecified atom stereocenters. The second kappa shape index (κ2) is 5.13. The van der Waals surface area contributed by atoms with Gasteiger partial charge in [-0.3, -0.25) is 0 Å². The minimum absolute atomic E-state index is 0.210. The van der Waals surface area contributed by atoms with E-state index in [2.05, 4.69) is 4.98 Å². The number of oxazole rings is 1. The number of aryl methyl sites for hydroxylation is 1. The number of fused-ring (bicyclic) bond motifs is 1. The van der Waals surface area contributed by atoms with Gasteiger partial charge in [0.05, 0.1) is 12.1 Å². The molecule has 1 aliphatic rings. The Bertz CT molecular complexity index is 579. The Kier molecular flexibility index (Phi) is 3.34. The Morgan fingerprint density at radius 1 is 1.37 bits per heavy atom. The van der Waals surface area contributed by atoms with E-state index in [-0.39, 0.29) is 5.82 Å². The molecule has 2 aromatic rings. The predicted octanol–water partition coefficient (Wildman–Crippen LogP) is 2.47. The molecule has 0 fully saturated rings. The first-order valence-electron chi connectivity index (χ1n) is 6.67. The Morgan fingerprint density at radius 2 is 2.21 bits per heavy atom. The van der Waals surface area contributed by atoms with Crippen molar-refractivity contribution < 1.29 is 8.81 Å². The van der Waals surface area contributed by atoms with E-state index in [4.69, 9.17) is 10.2 Å². The van der Waals surface area contributed by atoms with Crippen LogP contribution < -0.4 is 5.73 Å². The number of aromatic nitrogens is 1. The highest BCUT2D eigenvalue weighted by Gasteiger charge is 2.23. The number of nitrogens with two attached hydrogens (primary N) is 1. The molecule has 0 saturated carbocycles. The molecule has 1 aromatic heterocycles. The molecule has 1 aliphatic carbocycles. The van der Waals surface area contributed by atoms with Crippen molar-refractivity contribution in [1.29, 1.82) is 0 Å². The highest BCUT2D eigenvalue weighted by Crippen LogP contribution is 2.26. The molecule has 1 heterocycles. The molecule has 3 nitrogen and oxygen atoms in total. The van der Waals surface area contributed by atoms with Gasteiger partial charge in [-0.1, -0.05) is 18.2 Å². The van der Waals surface area contributed by atoms with Crippen LogP contribution in [0.4, 0.5) is 4.39 Å². The fraction of sp³-hybridized carbons (Fsp3) is 0.400. The smallest absolute Gasteiger partial charge is 0.199 e. The van der Waals surface area contributed by atoms with E-state index in [9.17, 15) is 4.39 Å². The van der Waals surface area contributed by atoms with Crippen LogP contribution in [-0.4, -0.2) is 11.5 Å². The zero-order chi connectivity index (χ0) is 13.2. The number of nitrogens with zero attached hydrogens (tertiary/aromatic N) is 1. The van der Waals surface area contributed by atoms with E-state index in [1.54, 1.807) is 12.1 Å². The molecule has 1 atom stereocenters. The Labute approximate surface area is 111 Å². The first-order chi connectivity index (χ1) is 9.26. The van der Waals surface area contributed by atoms with Crippen LogP contribution in [0.1, 0.15) is 29.3 Å². The van der Waals surface area contributed by atoms with Crippen molar-refractivity contribution in [3.63, 3.8) is 0 Å². The van der Waals surface area contributed by atoms with Gasteiger partial charge in [0.15, 0.2) is 5.89 Å². The Hall–Kier alpha value is -1.68. The van der Waals surface area contributed by atoms with Crippen molar-refractivity contribution in [2.45, 2.75) is 25.7 Å². The minimum atomic E-state index is -0.210. The molecule has 0 spiro atoms. The molecule has 0 radical (unpaired) electrons. The Balaban J connectivity index is 1.80. The first kappa shape index (κ1) is 12.4.